The van der Waals surface area contributed by atoms with Gasteiger partial charge in [-0.3, -0.25) is 0 Å². The number of unbranched alkanes of at least 4 members (excludes halogenated alkanes) is 9. The van der Waals surface area contributed by atoms with Gasteiger partial charge in [-0.25, -0.2) is 4.79 Å². The maximum atomic E-state index is 11.4. The summed E-state index contributed by atoms with van der Waals surface area (Å²) in [6.45, 7) is 13.0. The van der Waals surface area contributed by atoms with E-state index in [0.29, 0.717) is 18.8 Å². The second-order valence-corrected chi connectivity index (χ2v) is 7.40. The van der Waals surface area contributed by atoms with E-state index in [-0.39, 0.29) is 18.2 Å². The molecule has 2 atom stereocenters. The van der Waals surface area contributed by atoms with Crippen molar-refractivity contribution in [1.82, 2.24) is 0 Å². The molecule has 2 unspecified atom stereocenters. The molecule has 0 aliphatic heterocycles. The first-order valence-corrected chi connectivity index (χ1v) is 10.5. The first kappa shape index (κ1) is 25.1. The zero-order chi connectivity index (χ0) is 19.6. The quantitative estimate of drug-likeness (QED) is 0.173. The number of esters is 1. The average molecular weight is 371 g/mol. The van der Waals surface area contributed by atoms with E-state index in [2.05, 4.69) is 13.5 Å². The zero-order valence-electron chi connectivity index (χ0n) is 17.7. The Kier molecular flexibility index (Phi) is 17.0. The van der Waals surface area contributed by atoms with E-state index >= 15 is 0 Å². The standard InChI is InChI=1S/C22H42O4/c1-6-7-8-9-10-11-12-13-14-15-16-24-17-20(4)25-18-21(5)26-22(23)19(2)3/h20-21H,2,6-18H2,1,3-5H3. The van der Waals surface area contributed by atoms with Crippen molar-refractivity contribution in [2.24, 2.45) is 0 Å². The lowest BCUT2D eigenvalue weighted by Crippen LogP contribution is -2.25. The summed E-state index contributed by atoms with van der Waals surface area (Å²) in [6, 6.07) is 0. The Balaban J connectivity index is 3.37. The minimum Gasteiger partial charge on any atom is -0.457 e. The lowest BCUT2D eigenvalue weighted by atomic mass is 10.1. The lowest BCUT2D eigenvalue weighted by Gasteiger charge is -2.17. The van der Waals surface area contributed by atoms with Crippen molar-refractivity contribution in [1.29, 1.82) is 0 Å². The van der Waals surface area contributed by atoms with E-state index in [9.17, 15) is 4.79 Å². The van der Waals surface area contributed by atoms with E-state index in [0.717, 1.165) is 13.0 Å². The molecule has 154 valence electrons. The summed E-state index contributed by atoms with van der Waals surface area (Å²) in [4.78, 5) is 11.4. The van der Waals surface area contributed by atoms with Crippen LogP contribution in [0.1, 0.15) is 91.9 Å². The molecule has 0 spiro atoms. The maximum Gasteiger partial charge on any atom is 0.333 e. The maximum absolute atomic E-state index is 11.4. The topological polar surface area (TPSA) is 44.8 Å². The molecular formula is C22H42O4. The molecule has 0 fully saturated rings. The largest absolute Gasteiger partial charge is 0.457 e. The minimum atomic E-state index is -0.369. The summed E-state index contributed by atoms with van der Waals surface area (Å²) in [7, 11) is 0. The van der Waals surface area contributed by atoms with Gasteiger partial charge in [0.2, 0.25) is 0 Å². The number of hydrogen-bond acceptors (Lipinski definition) is 4. The number of rotatable bonds is 18. The van der Waals surface area contributed by atoms with Gasteiger partial charge in [0.15, 0.2) is 0 Å². The molecule has 0 heterocycles. The third kappa shape index (κ3) is 16.6. The highest BCUT2D eigenvalue weighted by Gasteiger charge is 2.12. The van der Waals surface area contributed by atoms with Gasteiger partial charge in [0, 0.05) is 12.2 Å². The molecule has 0 aromatic heterocycles. The summed E-state index contributed by atoms with van der Waals surface area (Å²) in [5.74, 6) is -0.369. The Morgan fingerprint density at radius 1 is 0.846 bits per heavy atom. The molecule has 0 aliphatic rings. The fraction of sp³-hybridized carbons (Fsp3) is 0.864. The van der Waals surface area contributed by atoms with Crippen LogP contribution >= 0.6 is 0 Å². The van der Waals surface area contributed by atoms with Crippen LogP contribution in [0.3, 0.4) is 0 Å². The van der Waals surface area contributed by atoms with E-state index < -0.39 is 0 Å². The van der Waals surface area contributed by atoms with Gasteiger partial charge >= 0.3 is 5.97 Å². The van der Waals surface area contributed by atoms with Gasteiger partial charge in [-0.05, 0) is 27.2 Å². The van der Waals surface area contributed by atoms with E-state index in [1.165, 1.54) is 57.8 Å². The van der Waals surface area contributed by atoms with Crippen LogP contribution in [0.15, 0.2) is 12.2 Å². The second-order valence-electron chi connectivity index (χ2n) is 7.40. The van der Waals surface area contributed by atoms with Gasteiger partial charge in [0.25, 0.3) is 0 Å². The van der Waals surface area contributed by atoms with E-state index in [1.807, 2.05) is 13.8 Å². The third-order valence-electron chi connectivity index (χ3n) is 4.27. The van der Waals surface area contributed by atoms with Gasteiger partial charge in [-0.1, -0.05) is 71.3 Å². The first-order chi connectivity index (χ1) is 12.5. The van der Waals surface area contributed by atoms with Crippen LogP contribution in [-0.4, -0.2) is 38.0 Å². The third-order valence-corrected chi connectivity index (χ3v) is 4.27. The Hall–Kier alpha value is -0.870. The fourth-order valence-electron chi connectivity index (χ4n) is 2.61. The fourth-order valence-corrected chi connectivity index (χ4v) is 2.61. The SMILES string of the molecule is C=C(C)C(=O)OC(C)COC(C)COCCCCCCCCCCCC. The molecular weight excluding hydrogens is 328 g/mol. The number of ether oxygens (including phenoxy) is 3. The van der Waals surface area contributed by atoms with Gasteiger partial charge < -0.3 is 14.2 Å². The molecule has 26 heavy (non-hydrogen) atoms. The summed E-state index contributed by atoms with van der Waals surface area (Å²) in [5, 5.41) is 0. The smallest absolute Gasteiger partial charge is 0.333 e. The average Bonchev–Trinajstić information content (AvgIpc) is 2.60. The Labute approximate surface area is 161 Å². The van der Waals surface area contributed by atoms with Crippen LogP contribution in [0, 0.1) is 0 Å². The summed E-state index contributed by atoms with van der Waals surface area (Å²) in [5.41, 5.74) is 0.407. The van der Waals surface area contributed by atoms with Crippen LogP contribution in [0.5, 0.6) is 0 Å². The van der Waals surface area contributed by atoms with Crippen molar-refractivity contribution in [3.8, 4) is 0 Å². The van der Waals surface area contributed by atoms with Gasteiger partial charge in [-0.2, -0.15) is 0 Å². The highest BCUT2D eigenvalue weighted by molar-refractivity contribution is 5.87. The molecule has 0 aromatic carbocycles. The molecule has 0 rings (SSSR count). The monoisotopic (exact) mass is 370 g/mol. The molecule has 0 saturated carbocycles. The molecule has 4 heteroatoms. The van der Waals surface area contributed by atoms with Crippen molar-refractivity contribution in [3.05, 3.63) is 12.2 Å². The Bertz CT molecular complexity index is 354. The second kappa shape index (κ2) is 17.5. The molecule has 0 amide bonds. The van der Waals surface area contributed by atoms with Crippen molar-refractivity contribution >= 4 is 5.97 Å². The van der Waals surface area contributed by atoms with Crippen molar-refractivity contribution < 1.29 is 19.0 Å². The van der Waals surface area contributed by atoms with Crippen LogP contribution in [0.2, 0.25) is 0 Å². The van der Waals surface area contributed by atoms with Gasteiger partial charge in [0.05, 0.1) is 19.3 Å². The van der Waals surface area contributed by atoms with E-state index in [1.54, 1.807) is 6.92 Å². The van der Waals surface area contributed by atoms with Gasteiger partial charge in [-0.15, -0.1) is 0 Å². The van der Waals surface area contributed by atoms with Crippen molar-refractivity contribution in [2.75, 3.05) is 19.8 Å². The van der Waals surface area contributed by atoms with Crippen LogP contribution in [0.4, 0.5) is 0 Å². The van der Waals surface area contributed by atoms with Crippen molar-refractivity contribution in [2.45, 2.75) is 104 Å². The Morgan fingerprint density at radius 3 is 1.92 bits per heavy atom. The molecule has 0 saturated heterocycles. The zero-order valence-corrected chi connectivity index (χ0v) is 17.7. The molecule has 0 bridgehead atoms. The molecule has 4 nitrogen and oxygen atoms in total. The highest BCUT2D eigenvalue weighted by Crippen LogP contribution is 2.10. The minimum absolute atomic E-state index is 0.00380. The molecule has 0 N–H and O–H groups in total. The summed E-state index contributed by atoms with van der Waals surface area (Å²) < 4.78 is 16.5. The number of carbonyl (C=O) groups is 1. The first-order valence-electron chi connectivity index (χ1n) is 10.5. The molecule has 0 radical (unpaired) electrons. The van der Waals surface area contributed by atoms with Crippen molar-refractivity contribution in [3.63, 3.8) is 0 Å². The number of carbonyl (C=O) groups excluding carboxylic acids is 1. The highest BCUT2D eigenvalue weighted by atomic mass is 16.6. The summed E-state index contributed by atoms with van der Waals surface area (Å²) in [6.07, 6.45) is 13.1. The summed E-state index contributed by atoms with van der Waals surface area (Å²) >= 11 is 0. The van der Waals surface area contributed by atoms with Gasteiger partial charge in [0.1, 0.15) is 6.10 Å². The predicted molar refractivity (Wildman–Crippen MR) is 108 cm³/mol. The Morgan fingerprint density at radius 2 is 1.38 bits per heavy atom. The lowest BCUT2D eigenvalue weighted by molar-refractivity contribution is -0.147. The van der Waals surface area contributed by atoms with Crippen LogP contribution < -0.4 is 0 Å². The molecule has 0 aromatic rings. The van der Waals surface area contributed by atoms with Crippen LogP contribution in [-0.2, 0) is 19.0 Å². The number of hydrogen-bond donors (Lipinski definition) is 0. The van der Waals surface area contributed by atoms with E-state index in [4.69, 9.17) is 14.2 Å². The predicted octanol–water partition coefficient (Wildman–Crippen LogP) is 5.84. The van der Waals surface area contributed by atoms with Crippen LogP contribution in [0.25, 0.3) is 0 Å². The normalized spacial score (nSPS) is 13.4. The molecule has 0 aliphatic carbocycles.